The molecule has 0 atom stereocenters. The fourth-order valence-electron chi connectivity index (χ4n) is 4.53. The highest BCUT2D eigenvalue weighted by Gasteiger charge is 2.52. The number of carbonyl (C=O) groups excluding carboxylic acids is 1. The third-order valence-electron chi connectivity index (χ3n) is 5.06. The summed E-state index contributed by atoms with van der Waals surface area (Å²) in [5, 5.41) is 0. The van der Waals surface area contributed by atoms with Gasteiger partial charge in [0, 0.05) is 36.4 Å². The van der Waals surface area contributed by atoms with E-state index in [0.717, 1.165) is 25.7 Å². The Morgan fingerprint density at radius 3 is 1.85 bits per heavy atom. The monoisotopic (exact) mass is 283 g/mol. The molecule has 1 fully saturated rings. The maximum atomic E-state index is 11.3. The van der Waals surface area contributed by atoms with Gasteiger partial charge in [-0.05, 0) is 47.5 Å². The molecule has 1 aliphatic rings. The normalized spacial score (nSPS) is 23.6. The van der Waals surface area contributed by atoms with Crippen molar-refractivity contribution in [2.75, 3.05) is 0 Å². The highest BCUT2D eigenvalue weighted by Crippen LogP contribution is 2.46. The molecule has 1 rings (SSSR count). The maximum Gasteiger partial charge on any atom is 0.302 e. The molecule has 1 aliphatic heterocycles. The Morgan fingerprint density at radius 2 is 1.55 bits per heavy atom. The first-order valence-electron chi connectivity index (χ1n) is 7.96. The van der Waals surface area contributed by atoms with Crippen molar-refractivity contribution in [2.24, 2.45) is 0 Å². The molecule has 0 saturated carbocycles. The standard InChI is InChI=1S/C17H33NO2/c1-9-17(8,10-2)18-15(4,5)11-14(20-13(3)19)12-16(18,6)7/h14H,9-12H2,1-8H3. The molecule has 1 heterocycles. The Balaban J connectivity index is 3.11. The molecule has 0 bridgehead atoms. The zero-order chi connectivity index (χ0) is 15.8. The summed E-state index contributed by atoms with van der Waals surface area (Å²) in [6.07, 6.45) is 4.12. The highest BCUT2D eigenvalue weighted by atomic mass is 16.5. The van der Waals surface area contributed by atoms with Gasteiger partial charge in [0.05, 0.1) is 0 Å². The van der Waals surface area contributed by atoms with Crippen molar-refractivity contribution >= 4 is 5.97 Å². The number of rotatable bonds is 4. The lowest BCUT2D eigenvalue weighted by Gasteiger charge is -2.62. The number of ether oxygens (including phenoxy) is 1. The van der Waals surface area contributed by atoms with Gasteiger partial charge in [-0.1, -0.05) is 13.8 Å². The van der Waals surface area contributed by atoms with Crippen molar-refractivity contribution < 1.29 is 9.53 Å². The molecule has 20 heavy (non-hydrogen) atoms. The fourth-order valence-corrected chi connectivity index (χ4v) is 4.53. The van der Waals surface area contributed by atoms with Crippen molar-refractivity contribution in [3.63, 3.8) is 0 Å². The minimum absolute atomic E-state index is 0.0304. The summed E-state index contributed by atoms with van der Waals surface area (Å²) in [4.78, 5) is 14.0. The Kier molecular flexibility index (Phi) is 4.95. The van der Waals surface area contributed by atoms with E-state index in [1.54, 1.807) is 0 Å². The average Bonchev–Trinajstić information content (AvgIpc) is 2.24. The number of piperidine rings is 1. The van der Waals surface area contributed by atoms with Crippen LogP contribution in [0.15, 0.2) is 0 Å². The van der Waals surface area contributed by atoms with E-state index in [2.05, 4.69) is 53.4 Å². The van der Waals surface area contributed by atoms with Crippen molar-refractivity contribution in [3.8, 4) is 0 Å². The van der Waals surface area contributed by atoms with Crippen LogP contribution in [0, 0.1) is 0 Å². The molecular weight excluding hydrogens is 250 g/mol. The first kappa shape index (κ1) is 17.5. The molecule has 0 radical (unpaired) electrons. The van der Waals surface area contributed by atoms with E-state index in [1.807, 2.05) is 0 Å². The van der Waals surface area contributed by atoms with Crippen molar-refractivity contribution in [1.29, 1.82) is 0 Å². The molecule has 1 saturated heterocycles. The second-order valence-corrected chi connectivity index (χ2v) is 7.80. The third kappa shape index (κ3) is 3.36. The van der Waals surface area contributed by atoms with Crippen LogP contribution in [-0.2, 0) is 9.53 Å². The summed E-state index contributed by atoms with van der Waals surface area (Å²) >= 11 is 0. The summed E-state index contributed by atoms with van der Waals surface area (Å²) in [5.74, 6) is -0.163. The predicted octanol–water partition coefficient (Wildman–Crippen LogP) is 4.15. The number of esters is 1. The van der Waals surface area contributed by atoms with Gasteiger partial charge in [0.2, 0.25) is 0 Å². The van der Waals surface area contributed by atoms with Crippen LogP contribution in [0.1, 0.15) is 81.1 Å². The Labute approximate surface area is 125 Å². The Morgan fingerprint density at radius 1 is 1.15 bits per heavy atom. The van der Waals surface area contributed by atoms with Crippen molar-refractivity contribution in [1.82, 2.24) is 4.90 Å². The van der Waals surface area contributed by atoms with Crippen LogP contribution in [0.3, 0.4) is 0 Å². The molecule has 0 N–H and O–H groups in total. The van der Waals surface area contributed by atoms with Crippen LogP contribution in [0.25, 0.3) is 0 Å². The fraction of sp³-hybridized carbons (Fsp3) is 0.941. The largest absolute Gasteiger partial charge is 0.462 e. The van der Waals surface area contributed by atoms with Crippen LogP contribution < -0.4 is 0 Å². The van der Waals surface area contributed by atoms with E-state index in [4.69, 9.17) is 4.74 Å². The first-order valence-corrected chi connectivity index (χ1v) is 7.96. The van der Waals surface area contributed by atoms with Gasteiger partial charge in [-0.3, -0.25) is 9.69 Å². The lowest BCUT2D eigenvalue weighted by Crippen LogP contribution is -2.69. The summed E-state index contributed by atoms with van der Waals surface area (Å²) in [6, 6.07) is 0. The Hall–Kier alpha value is -0.570. The van der Waals surface area contributed by atoms with Crippen LogP contribution in [0.2, 0.25) is 0 Å². The van der Waals surface area contributed by atoms with Crippen LogP contribution in [-0.4, -0.2) is 33.6 Å². The zero-order valence-corrected chi connectivity index (χ0v) is 14.7. The zero-order valence-electron chi connectivity index (χ0n) is 14.7. The molecule has 3 heteroatoms. The molecule has 0 spiro atoms. The van der Waals surface area contributed by atoms with Gasteiger partial charge in [0.25, 0.3) is 0 Å². The minimum Gasteiger partial charge on any atom is -0.462 e. The van der Waals surface area contributed by atoms with Gasteiger partial charge < -0.3 is 4.74 Å². The number of hydrogen-bond donors (Lipinski definition) is 0. The first-order chi connectivity index (χ1) is 8.98. The predicted molar refractivity (Wildman–Crippen MR) is 83.8 cm³/mol. The van der Waals surface area contributed by atoms with E-state index in [-0.39, 0.29) is 28.7 Å². The number of hydrogen-bond acceptors (Lipinski definition) is 3. The topological polar surface area (TPSA) is 29.5 Å². The summed E-state index contributed by atoms with van der Waals surface area (Å²) < 4.78 is 5.53. The van der Waals surface area contributed by atoms with Gasteiger partial charge in [0.1, 0.15) is 6.10 Å². The van der Waals surface area contributed by atoms with Gasteiger partial charge >= 0.3 is 5.97 Å². The van der Waals surface area contributed by atoms with Crippen molar-refractivity contribution in [3.05, 3.63) is 0 Å². The average molecular weight is 283 g/mol. The van der Waals surface area contributed by atoms with E-state index >= 15 is 0 Å². The van der Waals surface area contributed by atoms with E-state index in [0.29, 0.717) is 0 Å². The quantitative estimate of drug-likeness (QED) is 0.726. The number of carbonyl (C=O) groups is 1. The molecule has 118 valence electrons. The second-order valence-electron chi connectivity index (χ2n) is 7.80. The molecule has 3 nitrogen and oxygen atoms in total. The van der Waals surface area contributed by atoms with Crippen LogP contribution in [0.5, 0.6) is 0 Å². The molecule has 0 aromatic carbocycles. The second kappa shape index (κ2) is 5.67. The van der Waals surface area contributed by atoms with Gasteiger partial charge in [-0.15, -0.1) is 0 Å². The van der Waals surface area contributed by atoms with Gasteiger partial charge in [-0.25, -0.2) is 0 Å². The minimum atomic E-state index is -0.163. The van der Waals surface area contributed by atoms with Crippen molar-refractivity contribution in [2.45, 2.75) is 104 Å². The van der Waals surface area contributed by atoms with Crippen LogP contribution in [0.4, 0.5) is 0 Å². The van der Waals surface area contributed by atoms with E-state index in [9.17, 15) is 4.79 Å². The highest BCUT2D eigenvalue weighted by molar-refractivity contribution is 5.66. The number of likely N-dealkylation sites (tertiary alicyclic amines) is 1. The molecule has 0 aromatic heterocycles. The van der Waals surface area contributed by atoms with Crippen LogP contribution >= 0.6 is 0 Å². The molecule has 0 aliphatic carbocycles. The van der Waals surface area contributed by atoms with Gasteiger partial charge in [0.15, 0.2) is 0 Å². The third-order valence-corrected chi connectivity index (χ3v) is 5.06. The molecule has 0 unspecified atom stereocenters. The Bertz CT molecular complexity index is 338. The molecule has 0 aromatic rings. The number of nitrogens with zero attached hydrogens (tertiary/aromatic N) is 1. The summed E-state index contributed by atoms with van der Waals surface area (Å²) in [6.45, 7) is 17.6. The van der Waals surface area contributed by atoms with E-state index < -0.39 is 0 Å². The SMILES string of the molecule is CCC(C)(CC)N1C(C)(C)CC(OC(C)=O)CC1(C)C. The van der Waals surface area contributed by atoms with E-state index in [1.165, 1.54) is 6.92 Å². The summed E-state index contributed by atoms with van der Waals surface area (Å²) in [7, 11) is 0. The summed E-state index contributed by atoms with van der Waals surface area (Å²) in [5.41, 5.74) is 0.249. The molecule has 0 amide bonds. The lowest BCUT2D eigenvalue weighted by atomic mass is 9.72. The lowest BCUT2D eigenvalue weighted by molar-refractivity contribution is -0.169. The molecular formula is C17H33NO2. The maximum absolute atomic E-state index is 11.3. The smallest absolute Gasteiger partial charge is 0.302 e. The van der Waals surface area contributed by atoms with Gasteiger partial charge in [-0.2, -0.15) is 0 Å².